The summed E-state index contributed by atoms with van der Waals surface area (Å²) in [6.07, 6.45) is 1.50. The molecule has 0 unspecified atom stereocenters. The Morgan fingerprint density at radius 3 is 2.14 bits per heavy atom. The molecule has 2 aromatic rings. The molecule has 0 bridgehead atoms. The minimum atomic E-state index is -1.18. The maximum Gasteiger partial charge on any atom is 0.325 e. The standard InChI is InChI=1S/C22H24N2O5/c1-14(2)29-18-11-9-16(10-12-18)13-19(21(26)23-15(3)22(27)28)24-20(25)17-7-5-4-6-8-17/h4-15H,1-3H3,(H,23,26)(H,24,25)(H,27,28)/b19-13-/t15-/m0/s1. The first kappa shape index (κ1) is 21.7. The van der Waals surface area contributed by atoms with Crippen LogP contribution in [0.1, 0.15) is 36.7 Å². The van der Waals surface area contributed by atoms with Crippen molar-refractivity contribution < 1.29 is 24.2 Å². The van der Waals surface area contributed by atoms with E-state index in [1.165, 1.54) is 13.0 Å². The number of rotatable bonds is 8. The van der Waals surface area contributed by atoms with Gasteiger partial charge in [-0.2, -0.15) is 0 Å². The van der Waals surface area contributed by atoms with Crippen molar-refractivity contribution in [3.05, 3.63) is 71.4 Å². The van der Waals surface area contributed by atoms with Crippen LogP contribution in [-0.4, -0.2) is 35.0 Å². The molecule has 3 N–H and O–H groups in total. The van der Waals surface area contributed by atoms with Gasteiger partial charge in [0.05, 0.1) is 6.10 Å². The van der Waals surface area contributed by atoms with E-state index in [4.69, 9.17) is 9.84 Å². The van der Waals surface area contributed by atoms with E-state index in [0.717, 1.165) is 0 Å². The van der Waals surface area contributed by atoms with E-state index in [0.29, 0.717) is 16.9 Å². The number of carboxylic acid groups (broad SMARTS) is 1. The van der Waals surface area contributed by atoms with Crippen molar-refractivity contribution in [1.29, 1.82) is 0 Å². The summed E-state index contributed by atoms with van der Waals surface area (Å²) in [5.41, 5.74) is 0.949. The number of amides is 2. The SMILES string of the molecule is CC(C)Oc1ccc(/C=C(\NC(=O)c2ccccc2)C(=O)N[C@@H](C)C(=O)O)cc1. The molecule has 0 heterocycles. The second-order valence-electron chi connectivity index (χ2n) is 6.65. The molecule has 152 valence electrons. The average molecular weight is 396 g/mol. The predicted molar refractivity (Wildman–Crippen MR) is 109 cm³/mol. The Hall–Kier alpha value is -3.61. The highest BCUT2D eigenvalue weighted by Crippen LogP contribution is 2.16. The van der Waals surface area contributed by atoms with Crippen LogP contribution >= 0.6 is 0 Å². The normalized spacial score (nSPS) is 12.2. The van der Waals surface area contributed by atoms with E-state index in [-0.39, 0.29) is 11.8 Å². The highest BCUT2D eigenvalue weighted by Gasteiger charge is 2.19. The molecule has 0 aliphatic heterocycles. The fraction of sp³-hybridized carbons (Fsp3) is 0.227. The van der Waals surface area contributed by atoms with Gasteiger partial charge in [0.1, 0.15) is 17.5 Å². The maximum atomic E-state index is 12.6. The Balaban J connectivity index is 2.27. The van der Waals surface area contributed by atoms with Crippen molar-refractivity contribution >= 4 is 23.9 Å². The molecule has 2 rings (SSSR count). The summed E-state index contributed by atoms with van der Waals surface area (Å²) in [5.74, 6) is -1.68. The third kappa shape index (κ3) is 6.80. The Bertz CT molecular complexity index is 889. The number of carbonyl (C=O) groups is 3. The van der Waals surface area contributed by atoms with E-state index in [2.05, 4.69) is 10.6 Å². The van der Waals surface area contributed by atoms with Gasteiger partial charge in [0.2, 0.25) is 0 Å². The third-order valence-corrected chi connectivity index (χ3v) is 3.81. The van der Waals surface area contributed by atoms with Crippen LogP contribution in [0.5, 0.6) is 5.75 Å². The van der Waals surface area contributed by atoms with E-state index < -0.39 is 23.8 Å². The van der Waals surface area contributed by atoms with Crippen LogP contribution in [0.2, 0.25) is 0 Å². The number of hydrogen-bond acceptors (Lipinski definition) is 4. The second kappa shape index (κ2) is 10.1. The number of benzene rings is 2. The highest BCUT2D eigenvalue weighted by atomic mass is 16.5. The van der Waals surface area contributed by atoms with Crippen LogP contribution in [0, 0.1) is 0 Å². The monoisotopic (exact) mass is 396 g/mol. The fourth-order valence-electron chi connectivity index (χ4n) is 2.36. The summed E-state index contributed by atoms with van der Waals surface area (Å²) in [6, 6.07) is 14.3. The van der Waals surface area contributed by atoms with Gasteiger partial charge in [-0.15, -0.1) is 0 Å². The predicted octanol–water partition coefficient (Wildman–Crippen LogP) is 2.83. The molecule has 0 saturated carbocycles. The lowest BCUT2D eigenvalue weighted by molar-refractivity contribution is -0.140. The zero-order valence-electron chi connectivity index (χ0n) is 16.5. The minimum Gasteiger partial charge on any atom is -0.491 e. The summed E-state index contributed by atoms with van der Waals surface area (Å²) in [6.45, 7) is 5.17. The zero-order chi connectivity index (χ0) is 21.4. The molecule has 1 atom stereocenters. The number of ether oxygens (including phenoxy) is 1. The molecular formula is C22H24N2O5. The Kier molecular flexibility index (Phi) is 7.54. The molecule has 29 heavy (non-hydrogen) atoms. The van der Waals surface area contributed by atoms with Gasteiger partial charge in [0, 0.05) is 5.56 Å². The maximum absolute atomic E-state index is 12.6. The van der Waals surface area contributed by atoms with Crippen LogP contribution in [0.15, 0.2) is 60.3 Å². The van der Waals surface area contributed by atoms with E-state index in [9.17, 15) is 14.4 Å². The van der Waals surface area contributed by atoms with Crippen LogP contribution in [0.4, 0.5) is 0 Å². The fourth-order valence-corrected chi connectivity index (χ4v) is 2.36. The van der Waals surface area contributed by atoms with Crippen molar-refractivity contribution in [2.75, 3.05) is 0 Å². The van der Waals surface area contributed by atoms with Gasteiger partial charge in [0.25, 0.3) is 11.8 Å². The molecule has 0 aliphatic carbocycles. The molecule has 0 aromatic heterocycles. The molecule has 0 aliphatic rings. The highest BCUT2D eigenvalue weighted by molar-refractivity contribution is 6.06. The Labute approximate surface area is 169 Å². The summed E-state index contributed by atoms with van der Waals surface area (Å²) in [7, 11) is 0. The van der Waals surface area contributed by atoms with Gasteiger partial charge in [-0.1, -0.05) is 30.3 Å². The lowest BCUT2D eigenvalue weighted by atomic mass is 10.1. The van der Waals surface area contributed by atoms with Crippen molar-refractivity contribution in [3.8, 4) is 5.75 Å². The second-order valence-corrected chi connectivity index (χ2v) is 6.65. The van der Waals surface area contributed by atoms with Gasteiger partial charge >= 0.3 is 5.97 Å². The molecule has 2 aromatic carbocycles. The number of carbonyl (C=O) groups excluding carboxylic acids is 2. The molecule has 0 saturated heterocycles. The number of aliphatic carboxylic acids is 1. The largest absolute Gasteiger partial charge is 0.491 e. The molecule has 7 heteroatoms. The first-order chi connectivity index (χ1) is 13.8. The van der Waals surface area contributed by atoms with Crippen molar-refractivity contribution in [2.45, 2.75) is 32.9 Å². The van der Waals surface area contributed by atoms with Crippen LogP contribution in [0.25, 0.3) is 6.08 Å². The molecule has 0 spiro atoms. The quantitative estimate of drug-likeness (QED) is 0.595. The van der Waals surface area contributed by atoms with Gasteiger partial charge in [-0.3, -0.25) is 14.4 Å². The number of nitrogens with one attached hydrogen (secondary N) is 2. The van der Waals surface area contributed by atoms with Crippen LogP contribution in [-0.2, 0) is 9.59 Å². The minimum absolute atomic E-state index is 0.0281. The van der Waals surface area contributed by atoms with Gasteiger partial charge in [-0.25, -0.2) is 0 Å². The van der Waals surface area contributed by atoms with Crippen molar-refractivity contribution in [3.63, 3.8) is 0 Å². The summed E-state index contributed by atoms with van der Waals surface area (Å²) < 4.78 is 5.59. The first-order valence-corrected chi connectivity index (χ1v) is 9.14. The molecular weight excluding hydrogens is 372 g/mol. The summed E-state index contributed by atoms with van der Waals surface area (Å²) >= 11 is 0. The number of carboxylic acids is 1. The van der Waals surface area contributed by atoms with Gasteiger partial charge in [-0.05, 0) is 56.7 Å². The van der Waals surface area contributed by atoms with Crippen molar-refractivity contribution in [2.24, 2.45) is 0 Å². The van der Waals surface area contributed by atoms with Crippen molar-refractivity contribution in [1.82, 2.24) is 10.6 Å². The van der Waals surface area contributed by atoms with Gasteiger partial charge in [0.15, 0.2) is 0 Å². The molecule has 0 radical (unpaired) electrons. The molecule has 2 amide bonds. The Morgan fingerprint density at radius 1 is 0.966 bits per heavy atom. The lowest BCUT2D eigenvalue weighted by Gasteiger charge is -2.14. The average Bonchev–Trinajstić information content (AvgIpc) is 2.68. The third-order valence-electron chi connectivity index (χ3n) is 3.81. The smallest absolute Gasteiger partial charge is 0.325 e. The topological polar surface area (TPSA) is 105 Å². The molecule has 7 nitrogen and oxygen atoms in total. The lowest BCUT2D eigenvalue weighted by Crippen LogP contribution is -2.42. The van der Waals surface area contributed by atoms with E-state index >= 15 is 0 Å². The van der Waals surface area contributed by atoms with Gasteiger partial charge < -0.3 is 20.5 Å². The number of hydrogen-bond donors (Lipinski definition) is 3. The van der Waals surface area contributed by atoms with E-state index in [1.54, 1.807) is 54.6 Å². The molecule has 0 fully saturated rings. The zero-order valence-corrected chi connectivity index (χ0v) is 16.5. The van der Waals surface area contributed by atoms with Crippen LogP contribution in [0.3, 0.4) is 0 Å². The van der Waals surface area contributed by atoms with E-state index in [1.807, 2.05) is 13.8 Å². The van der Waals surface area contributed by atoms with Crippen LogP contribution < -0.4 is 15.4 Å². The summed E-state index contributed by atoms with van der Waals surface area (Å²) in [5, 5.41) is 13.9. The Morgan fingerprint density at radius 2 is 1.59 bits per heavy atom. The summed E-state index contributed by atoms with van der Waals surface area (Å²) in [4.78, 5) is 36.1. The first-order valence-electron chi connectivity index (χ1n) is 9.14.